The third-order valence-corrected chi connectivity index (χ3v) is 15.8. The number of ketones is 3. The largest absolute Gasteiger partial charge is 0.445 e. The zero-order chi connectivity index (χ0) is 58.9. The molecule has 0 bridgehead atoms. The summed E-state index contributed by atoms with van der Waals surface area (Å²) in [6.07, 6.45) is 2.60. The van der Waals surface area contributed by atoms with Gasteiger partial charge < -0.3 is 45.3 Å². The summed E-state index contributed by atoms with van der Waals surface area (Å²) in [6, 6.07) is 15.2. The number of carbonyl (C=O) groups is 9. The Bertz CT molecular complexity index is 2280. The van der Waals surface area contributed by atoms with Gasteiger partial charge in [-0.15, -0.1) is 0 Å². The molecule has 1 fully saturated rings. The van der Waals surface area contributed by atoms with Crippen molar-refractivity contribution in [2.75, 3.05) is 34.9 Å². The molecule has 1 unspecified atom stereocenters. The number of methoxy groups -OCH3 is 2. The Hall–Kier alpha value is -6.01. The fraction of sp³-hybridized carbons (Fsp3) is 0.656. The number of alkyl carbamates (subject to hydrolysis) is 1. The number of nitrogens with two attached hydrogens (primary N) is 1. The molecule has 18 heteroatoms. The molecule has 79 heavy (non-hydrogen) atoms. The maximum Gasteiger partial charge on any atom is 0.408 e. The molecule has 4 N–H and O–H groups in total. The fourth-order valence-corrected chi connectivity index (χ4v) is 10.9. The van der Waals surface area contributed by atoms with E-state index < -0.39 is 66.3 Å². The van der Waals surface area contributed by atoms with Gasteiger partial charge in [-0.1, -0.05) is 128 Å². The molecule has 0 aromatic heterocycles. The number of benzene rings is 2. The standard InChI is InChI=1S/C61H94N6O12/c1-13-41(6)57(52(77-11)37-55(73)67-34-24-29-49(67)58(78-12)42(7)59(74)63-48(43(8)68)35-44-25-18-16-19-26-44)66(10)60(75)46(39(2)3)36-51(70)56(40(4)5)65(9)54(72)31-23-15-14-22-30-50(69)47(32-33-53(62)71)64-61(76)79-38-45-27-20-17-21-28-45/h16-21,25-28,39-42,46-49,52,56-58H,13-15,22-24,29-38H2,1-12H3,(H2,62,71)(H,63,74)(H,64,76)/t41-,42+,46-,47?,48-,49-,52+,56-,57-,58+/m0/s1. The Morgan fingerprint density at radius 1 is 0.722 bits per heavy atom. The van der Waals surface area contributed by atoms with Gasteiger partial charge >= 0.3 is 6.09 Å². The zero-order valence-corrected chi connectivity index (χ0v) is 49.3. The van der Waals surface area contributed by atoms with Crippen LogP contribution in [0.4, 0.5) is 4.79 Å². The highest BCUT2D eigenvalue weighted by atomic mass is 16.5. The van der Waals surface area contributed by atoms with E-state index in [1.54, 1.807) is 43.0 Å². The Kier molecular flexibility index (Phi) is 29.1. The fourth-order valence-electron chi connectivity index (χ4n) is 10.9. The number of carbonyl (C=O) groups excluding carboxylic acids is 9. The molecule has 440 valence electrons. The lowest BCUT2D eigenvalue weighted by molar-refractivity contribution is -0.150. The van der Waals surface area contributed by atoms with Crippen molar-refractivity contribution in [3.63, 3.8) is 0 Å². The first kappa shape index (κ1) is 67.3. The van der Waals surface area contributed by atoms with E-state index in [1.165, 1.54) is 26.0 Å². The Balaban J connectivity index is 1.63. The van der Waals surface area contributed by atoms with Gasteiger partial charge in [0, 0.05) is 66.5 Å². The smallest absolute Gasteiger partial charge is 0.408 e. The van der Waals surface area contributed by atoms with Crippen molar-refractivity contribution in [1.82, 2.24) is 25.3 Å². The molecular formula is C61H94N6O12. The Morgan fingerprint density at radius 3 is 1.87 bits per heavy atom. The van der Waals surface area contributed by atoms with Crippen LogP contribution >= 0.6 is 0 Å². The van der Waals surface area contributed by atoms with Crippen LogP contribution in [-0.4, -0.2) is 145 Å². The topological polar surface area (TPSA) is 241 Å². The van der Waals surface area contributed by atoms with Crippen molar-refractivity contribution < 1.29 is 57.4 Å². The number of Topliss-reactive ketones (excluding diaryl/α,β-unsaturated/α-hetero) is 3. The molecule has 6 amide bonds. The molecule has 0 saturated carbocycles. The molecule has 0 aliphatic carbocycles. The third-order valence-electron chi connectivity index (χ3n) is 15.8. The molecular weight excluding hydrogens is 1010 g/mol. The van der Waals surface area contributed by atoms with Crippen LogP contribution in [0.2, 0.25) is 0 Å². The monoisotopic (exact) mass is 1100 g/mol. The van der Waals surface area contributed by atoms with Gasteiger partial charge in [-0.2, -0.15) is 0 Å². The number of unbranched alkanes of at least 4 members (excludes halogenated alkanes) is 3. The van der Waals surface area contributed by atoms with Gasteiger partial charge in [0.15, 0.2) is 17.3 Å². The lowest BCUT2D eigenvalue weighted by Gasteiger charge is -2.41. The third kappa shape index (κ3) is 21.2. The second-order valence-electron chi connectivity index (χ2n) is 22.3. The van der Waals surface area contributed by atoms with E-state index in [1.807, 2.05) is 90.1 Å². The van der Waals surface area contributed by atoms with E-state index in [4.69, 9.17) is 19.9 Å². The Labute approximate surface area is 470 Å². The number of rotatable bonds is 36. The summed E-state index contributed by atoms with van der Waals surface area (Å²) in [6.45, 7) is 15.3. The molecule has 0 spiro atoms. The normalized spacial score (nSPS) is 16.8. The number of nitrogens with zero attached hydrogens (tertiary/aromatic N) is 3. The average molecular weight is 1100 g/mol. The Morgan fingerprint density at radius 2 is 1.33 bits per heavy atom. The van der Waals surface area contributed by atoms with Crippen LogP contribution < -0.4 is 16.4 Å². The SMILES string of the molecule is CC[C@H](C)[C@@H]([C@@H](CC(=O)N1CCC[C@H]1[C@H](OC)[C@@H](C)C(=O)N[C@@H](Cc1ccccc1)C(C)=O)OC)N(C)C(=O)[C@@H](CC(=O)[C@H](C(C)C)N(C)C(=O)CCCCCCC(=O)C(CCC(N)=O)NC(=O)OCc1ccccc1)C(C)C. The van der Waals surface area contributed by atoms with Crippen LogP contribution in [0.15, 0.2) is 60.7 Å². The van der Waals surface area contributed by atoms with E-state index in [-0.39, 0.29) is 104 Å². The molecule has 1 aliphatic heterocycles. The van der Waals surface area contributed by atoms with Crippen molar-refractivity contribution in [2.45, 2.75) is 194 Å². The minimum Gasteiger partial charge on any atom is -0.445 e. The number of likely N-dealkylation sites (N-methyl/N-ethyl adjacent to an activating group) is 2. The number of hydrogen-bond donors (Lipinski definition) is 3. The molecule has 10 atom stereocenters. The van der Waals surface area contributed by atoms with Gasteiger partial charge in [0.25, 0.3) is 0 Å². The van der Waals surface area contributed by atoms with Gasteiger partial charge in [0.2, 0.25) is 29.5 Å². The van der Waals surface area contributed by atoms with Gasteiger partial charge in [-0.25, -0.2) is 4.79 Å². The van der Waals surface area contributed by atoms with Crippen molar-refractivity contribution in [3.05, 3.63) is 71.8 Å². The molecule has 1 heterocycles. The maximum atomic E-state index is 14.8. The van der Waals surface area contributed by atoms with Crippen LogP contribution in [0.1, 0.15) is 150 Å². The summed E-state index contributed by atoms with van der Waals surface area (Å²) in [5.74, 6) is -4.28. The highest BCUT2D eigenvalue weighted by molar-refractivity contribution is 5.93. The summed E-state index contributed by atoms with van der Waals surface area (Å²) in [4.78, 5) is 126. The van der Waals surface area contributed by atoms with Crippen LogP contribution in [0.25, 0.3) is 0 Å². The van der Waals surface area contributed by atoms with Gasteiger partial charge in [-0.3, -0.25) is 38.4 Å². The first-order chi connectivity index (χ1) is 37.5. The molecule has 1 saturated heterocycles. The predicted molar refractivity (Wildman–Crippen MR) is 303 cm³/mol. The van der Waals surface area contributed by atoms with E-state index in [0.717, 1.165) is 11.1 Å². The molecule has 2 aromatic rings. The van der Waals surface area contributed by atoms with Crippen LogP contribution in [0, 0.1) is 29.6 Å². The van der Waals surface area contributed by atoms with Crippen molar-refractivity contribution in [3.8, 4) is 0 Å². The number of hydrogen-bond acceptors (Lipinski definition) is 12. The van der Waals surface area contributed by atoms with E-state index in [0.29, 0.717) is 57.9 Å². The number of primary amides is 1. The second kappa shape index (κ2) is 34.2. The molecule has 18 nitrogen and oxygen atoms in total. The summed E-state index contributed by atoms with van der Waals surface area (Å²) in [7, 11) is 6.38. The van der Waals surface area contributed by atoms with Crippen LogP contribution in [0.5, 0.6) is 0 Å². The minimum absolute atomic E-state index is 0.0212. The van der Waals surface area contributed by atoms with E-state index in [9.17, 15) is 43.2 Å². The molecule has 1 aliphatic rings. The number of amides is 6. The first-order valence-electron chi connectivity index (χ1n) is 28.5. The maximum absolute atomic E-state index is 14.8. The number of likely N-dealkylation sites (tertiary alicyclic amines) is 1. The van der Waals surface area contributed by atoms with Crippen molar-refractivity contribution in [2.24, 2.45) is 35.3 Å². The van der Waals surface area contributed by atoms with Gasteiger partial charge in [0.05, 0.1) is 54.8 Å². The lowest BCUT2D eigenvalue weighted by atomic mass is 9.83. The summed E-state index contributed by atoms with van der Waals surface area (Å²) < 4.78 is 17.4. The van der Waals surface area contributed by atoms with Crippen molar-refractivity contribution >= 4 is 53.0 Å². The molecule has 0 radical (unpaired) electrons. The highest BCUT2D eigenvalue weighted by Crippen LogP contribution is 2.31. The quantitative estimate of drug-likeness (QED) is 0.0566. The van der Waals surface area contributed by atoms with Crippen molar-refractivity contribution in [1.29, 1.82) is 0 Å². The average Bonchev–Trinajstić information content (AvgIpc) is 3.93. The number of nitrogens with one attached hydrogen (secondary N) is 2. The second-order valence-corrected chi connectivity index (χ2v) is 22.3. The number of ether oxygens (including phenoxy) is 3. The summed E-state index contributed by atoms with van der Waals surface area (Å²) >= 11 is 0. The predicted octanol–water partition coefficient (Wildman–Crippen LogP) is 7.41. The van der Waals surface area contributed by atoms with Gasteiger partial charge in [-0.05, 0) is 74.3 Å². The van der Waals surface area contributed by atoms with E-state index >= 15 is 0 Å². The highest BCUT2D eigenvalue weighted by Gasteiger charge is 2.44. The molecule has 3 rings (SSSR count). The summed E-state index contributed by atoms with van der Waals surface area (Å²) in [5.41, 5.74) is 7.04. The molecule has 2 aromatic carbocycles. The lowest BCUT2D eigenvalue weighted by Crippen LogP contribution is -2.55. The van der Waals surface area contributed by atoms with Gasteiger partial charge in [0.1, 0.15) is 6.61 Å². The van der Waals surface area contributed by atoms with Crippen LogP contribution in [-0.2, 0) is 65.6 Å². The first-order valence-corrected chi connectivity index (χ1v) is 28.5. The zero-order valence-electron chi connectivity index (χ0n) is 49.3. The van der Waals surface area contributed by atoms with E-state index in [2.05, 4.69) is 10.6 Å². The van der Waals surface area contributed by atoms with Crippen LogP contribution in [0.3, 0.4) is 0 Å². The summed E-state index contributed by atoms with van der Waals surface area (Å²) in [5, 5.41) is 5.51. The minimum atomic E-state index is -0.939.